The second kappa shape index (κ2) is 7.03. The Morgan fingerprint density at radius 1 is 1.33 bits per heavy atom. The number of aromatic amines is 1. The van der Waals surface area contributed by atoms with Gasteiger partial charge in [0.15, 0.2) is 0 Å². The molecule has 0 aliphatic carbocycles. The summed E-state index contributed by atoms with van der Waals surface area (Å²) >= 11 is 0. The maximum Gasteiger partial charge on any atom is 0.271 e. The minimum absolute atomic E-state index is 0.153. The number of nitrogens with zero attached hydrogens (tertiary/aromatic N) is 1. The first-order chi connectivity index (χ1) is 10.2. The van der Waals surface area contributed by atoms with Gasteiger partial charge in [0.2, 0.25) is 0 Å². The van der Waals surface area contributed by atoms with Gasteiger partial charge in [0, 0.05) is 18.3 Å². The average Bonchev–Trinajstić information content (AvgIpc) is 2.52. The maximum absolute atomic E-state index is 11.8. The third-order valence-corrected chi connectivity index (χ3v) is 2.62. The quantitative estimate of drug-likeness (QED) is 0.693. The van der Waals surface area contributed by atoms with Crippen LogP contribution in [0.5, 0.6) is 0 Å². The predicted molar refractivity (Wildman–Crippen MR) is 76.4 cm³/mol. The second-order valence-electron chi connectivity index (χ2n) is 4.14. The molecule has 0 spiro atoms. The first-order valence-corrected chi connectivity index (χ1v) is 6.20. The molecule has 21 heavy (non-hydrogen) atoms. The van der Waals surface area contributed by atoms with Crippen molar-refractivity contribution in [1.29, 1.82) is 0 Å². The number of benzene rings is 1. The molecule has 1 aromatic carbocycles. The summed E-state index contributed by atoms with van der Waals surface area (Å²) < 4.78 is 0. The van der Waals surface area contributed by atoms with Crippen LogP contribution in [0.4, 0.5) is 0 Å². The minimum atomic E-state index is -0.365. The molecule has 2 rings (SSSR count). The number of carbonyl (C=O) groups is 1. The smallest absolute Gasteiger partial charge is 0.271 e. The number of nitrogens with one attached hydrogen (secondary N) is 2. The Morgan fingerprint density at radius 3 is 2.71 bits per heavy atom. The Balaban J connectivity index is 1.95. The summed E-state index contributed by atoms with van der Waals surface area (Å²) in [6.07, 6.45) is 2.33. The molecule has 1 heterocycles. The van der Waals surface area contributed by atoms with E-state index in [2.05, 4.69) is 27.1 Å². The minimum Gasteiger partial charge on any atom is -0.384 e. The number of amides is 1. The van der Waals surface area contributed by atoms with Crippen molar-refractivity contribution in [1.82, 2.24) is 15.3 Å². The van der Waals surface area contributed by atoms with Crippen LogP contribution >= 0.6 is 0 Å². The first-order valence-electron chi connectivity index (χ1n) is 6.20. The molecule has 0 radical (unpaired) electrons. The molecule has 3 N–H and O–H groups in total. The van der Waals surface area contributed by atoms with Gasteiger partial charge in [0.25, 0.3) is 11.5 Å². The van der Waals surface area contributed by atoms with Crippen LogP contribution in [0.15, 0.2) is 41.5 Å². The summed E-state index contributed by atoms with van der Waals surface area (Å²) in [6, 6.07) is 7.29. The lowest BCUT2D eigenvalue weighted by atomic mass is 10.1. The average molecular weight is 283 g/mol. The summed E-state index contributed by atoms with van der Waals surface area (Å²) in [6.45, 7) is 0.164. The zero-order chi connectivity index (χ0) is 15.1. The van der Waals surface area contributed by atoms with Crippen LogP contribution in [0.2, 0.25) is 0 Å². The number of H-pyrrole nitrogens is 1. The molecule has 0 bridgehead atoms. The van der Waals surface area contributed by atoms with Crippen LogP contribution in [0.25, 0.3) is 0 Å². The highest BCUT2D eigenvalue weighted by molar-refractivity contribution is 5.91. The third kappa shape index (κ3) is 4.30. The van der Waals surface area contributed by atoms with Crippen molar-refractivity contribution in [2.24, 2.45) is 0 Å². The largest absolute Gasteiger partial charge is 0.384 e. The van der Waals surface area contributed by atoms with Crippen molar-refractivity contribution < 1.29 is 9.90 Å². The van der Waals surface area contributed by atoms with E-state index in [1.54, 1.807) is 0 Å². The summed E-state index contributed by atoms with van der Waals surface area (Å²) in [5, 5.41) is 11.3. The molecule has 0 aliphatic rings. The molecule has 0 atom stereocenters. The van der Waals surface area contributed by atoms with Crippen LogP contribution in [0.3, 0.4) is 0 Å². The fourth-order valence-corrected chi connectivity index (χ4v) is 1.59. The molecule has 0 fully saturated rings. The summed E-state index contributed by atoms with van der Waals surface area (Å²) in [5.41, 5.74) is 1.50. The lowest BCUT2D eigenvalue weighted by molar-refractivity contribution is 0.0945. The summed E-state index contributed by atoms with van der Waals surface area (Å²) in [7, 11) is 0. The highest BCUT2D eigenvalue weighted by Gasteiger charge is 2.06. The van der Waals surface area contributed by atoms with E-state index in [0.29, 0.717) is 6.54 Å². The van der Waals surface area contributed by atoms with Gasteiger partial charge in [-0.15, -0.1) is 0 Å². The van der Waals surface area contributed by atoms with E-state index < -0.39 is 0 Å². The zero-order valence-corrected chi connectivity index (χ0v) is 11.1. The number of aliphatic hydroxyl groups is 1. The van der Waals surface area contributed by atoms with Crippen molar-refractivity contribution in [3.63, 3.8) is 0 Å². The standard InChI is InChI=1S/C15H13N3O3/c19-7-1-2-11-3-5-12(6-4-11)8-18-15(21)13-9-17-14(20)10-16-13/h3-6,9-10,19H,7-8H2,(H,17,20)(H,18,21). The van der Waals surface area contributed by atoms with Gasteiger partial charge in [0.1, 0.15) is 12.3 Å². The molecule has 0 saturated heterocycles. The Bertz CT molecular complexity index is 719. The van der Waals surface area contributed by atoms with Crippen molar-refractivity contribution in [2.75, 3.05) is 6.61 Å². The van der Waals surface area contributed by atoms with E-state index in [1.165, 1.54) is 6.20 Å². The molecule has 6 nitrogen and oxygen atoms in total. The number of rotatable bonds is 3. The fraction of sp³-hybridized carbons (Fsp3) is 0.133. The monoisotopic (exact) mass is 283 g/mol. The number of carbonyl (C=O) groups excluding carboxylic acids is 1. The highest BCUT2D eigenvalue weighted by atomic mass is 16.2. The number of aromatic nitrogens is 2. The molecule has 0 saturated carbocycles. The van der Waals surface area contributed by atoms with E-state index in [9.17, 15) is 9.59 Å². The van der Waals surface area contributed by atoms with Crippen molar-refractivity contribution in [3.8, 4) is 11.8 Å². The van der Waals surface area contributed by atoms with Gasteiger partial charge >= 0.3 is 0 Å². The van der Waals surface area contributed by atoms with Crippen LogP contribution < -0.4 is 10.9 Å². The maximum atomic E-state index is 11.8. The Kier molecular flexibility index (Phi) is 4.85. The van der Waals surface area contributed by atoms with Gasteiger partial charge in [-0.25, -0.2) is 4.98 Å². The SMILES string of the molecule is O=C(NCc1ccc(C#CCO)cc1)c1c[nH]c(=O)cn1. The first kappa shape index (κ1) is 14.5. The van der Waals surface area contributed by atoms with Crippen LogP contribution in [-0.2, 0) is 6.54 Å². The molecule has 0 unspecified atom stereocenters. The third-order valence-electron chi connectivity index (χ3n) is 2.62. The van der Waals surface area contributed by atoms with Crippen LogP contribution in [0.1, 0.15) is 21.6 Å². The highest BCUT2D eigenvalue weighted by Crippen LogP contribution is 2.03. The van der Waals surface area contributed by atoms with E-state index in [-0.39, 0.29) is 23.8 Å². The normalized spacial score (nSPS) is 9.57. The van der Waals surface area contributed by atoms with E-state index >= 15 is 0 Å². The molecular formula is C15H13N3O3. The van der Waals surface area contributed by atoms with E-state index in [4.69, 9.17) is 5.11 Å². The van der Waals surface area contributed by atoms with Gasteiger partial charge in [-0.2, -0.15) is 0 Å². The van der Waals surface area contributed by atoms with Crippen molar-refractivity contribution in [2.45, 2.75) is 6.54 Å². The zero-order valence-electron chi connectivity index (χ0n) is 11.1. The molecule has 1 aromatic heterocycles. The molecule has 106 valence electrons. The predicted octanol–water partition coefficient (Wildman–Crippen LogP) is 0.0437. The Morgan fingerprint density at radius 2 is 2.10 bits per heavy atom. The molecule has 0 aliphatic heterocycles. The number of hydrogen-bond donors (Lipinski definition) is 3. The summed E-state index contributed by atoms with van der Waals surface area (Å²) in [5.74, 6) is 4.98. The molecule has 2 aromatic rings. The van der Waals surface area contributed by atoms with Gasteiger partial charge in [-0.1, -0.05) is 24.0 Å². The molecule has 1 amide bonds. The Labute approximate surface area is 120 Å². The second-order valence-corrected chi connectivity index (χ2v) is 4.14. The number of hydrogen-bond acceptors (Lipinski definition) is 4. The van der Waals surface area contributed by atoms with Crippen molar-refractivity contribution >= 4 is 5.91 Å². The van der Waals surface area contributed by atoms with Gasteiger partial charge in [-0.05, 0) is 17.7 Å². The van der Waals surface area contributed by atoms with Crippen LogP contribution in [0, 0.1) is 11.8 Å². The van der Waals surface area contributed by atoms with E-state index in [1.807, 2.05) is 24.3 Å². The van der Waals surface area contributed by atoms with Crippen LogP contribution in [-0.4, -0.2) is 27.6 Å². The van der Waals surface area contributed by atoms with Gasteiger partial charge in [0.05, 0.1) is 6.20 Å². The molecular weight excluding hydrogens is 270 g/mol. The van der Waals surface area contributed by atoms with Crippen molar-refractivity contribution in [3.05, 3.63) is 63.8 Å². The lowest BCUT2D eigenvalue weighted by Gasteiger charge is -2.04. The topological polar surface area (TPSA) is 95.1 Å². The lowest BCUT2D eigenvalue weighted by Crippen LogP contribution is -2.25. The van der Waals surface area contributed by atoms with Gasteiger partial charge in [-0.3, -0.25) is 9.59 Å². The van der Waals surface area contributed by atoms with E-state index in [0.717, 1.165) is 17.3 Å². The fourth-order valence-electron chi connectivity index (χ4n) is 1.59. The summed E-state index contributed by atoms with van der Waals surface area (Å²) in [4.78, 5) is 28.8. The molecule has 6 heteroatoms. The van der Waals surface area contributed by atoms with Gasteiger partial charge < -0.3 is 15.4 Å². The number of aliphatic hydroxyl groups excluding tert-OH is 1. The Hall–Kier alpha value is -2.91.